The molecule has 0 radical (unpaired) electrons. The van der Waals surface area contributed by atoms with Crippen LogP contribution in [0.15, 0.2) is 65.8 Å². The minimum absolute atomic E-state index is 0.138. The third kappa shape index (κ3) is 5.85. The maximum absolute atomic E-state index is 13.0. The third-order valence-corrected chi connectivity index (χ3v) is 4.62. The van der Waals surface area contributed by atoms with Crippen molar-refractivity contribution < 1.29 is 28.2 Å². The number of hydrogen-bond donors (Lipinski definition) is 2. The van der Waals surface area contributed by atoms with Gasteiger partial charge in [-0.1, -0.05) is 12.1 Å². The van der Waals surface area contributed by atoms with Crippen molar-refractivity contribution in [3.63, 3.8) is 0 Å². The minimum Gasteiger partial charge on any atom is -0.497 e. The molecule has 0 saturated heterocycles. The summed E-state index contributed by atoms with van der Waals surface area (Å²) in [6.45, 7) is 0. The minimum atomic E-state index is -0.574. The van der Waals surface area contributed by atoms with Gasteiger partial charge in [0.15, 0.2) is 11.5 Å². The Balaban J connectivity index is 1.80. The number of rotatable bonds is 8. The van der Waals surface area contributed by atoms with Crippen molar-refractivity contribution in [1.82, 2.24) is 5.43 Å². The van der Waals surface area contributed by atoms with Gasteiger partial charge >= 0.3 is 0 Å². The molecule has 170 valence electrons. The fourth-order valence-electron chi connectivity index (χ4n) is 2.89. The average molecular weight is 451 g/mol. The smallest absolute Gasteiger partial charge is 0.273 e. The summed E-state index contributed by atoms with van der Waals surface area (Å²) in [7, 11) is 4.43. The second-order valence-corrected chi connectivity index (χ2v) is 6.69. The summed E-state index contributed by atoms with van der Waals surface area (Å²) >= 11 is 0. The number of hydrazone groups is 1. The molecule has 0 atom stereocenters. The summed E-state index contributed by atoms with van der Waals surface area (Å²) in [4.78, 5) is 25.6. The maximum atomic E-state index is 13.0. The van der Waals surface area contributed by atoms with Gasteiger partial charge in [0, 0.05) is 5.56 Å². The lowest BCUT2D eigenvalue weighted by atomic mass is 10.1. The van der Waals surface area contributed by atoms with E-state index in [2.05, 4.69) is 15.8 Å². The molecule has 0 aliphatic carbocycles. The lowest BCUT2D eigenvalue weighted by molar-refractivity contribution is 0.0955. The number of methoxy groups -OCH3 is 3. The maximum Gasteiger partial charge on any atom is 0.273 e. The molecule has 8 nitrogen and oxygen atoms in total. The Morgan fingerprint density at radius 2 is 1.58 bits per heavy atom. The highest BCUT2D eigenvalue weighted by Crippen LogP contribution is 2.28. The van der Waals surface area contributed by atoms with Crippen molar-refractivity contribution in [2.45, 2.75) is 0 Å². The van der Waals surface area contributed by atoms with E-state index in [0.717, 1.165) is 0 Å². The number of carbonyl (C=O) groups excluding carboxylic acids is 2. The Bertz CT molecular complexity index is 1180. The largest absolute Gasteiger partial charge is 0.497 e. The second-order valence-electron chi connectivity index (χ2n) is 6.69. The van der Waals surface area contributed by atoms with E-state index in [9.17, 15) is 14.0 Å². The van der Waals surface area contributed by atoms with Gasteiger partial charge in [-0.15, -0.1) is 0 Å². The SMILES string of the molecule is COc1ccc(NC(=O)c2ccc(OC)c(OC)c2)c(C(=O)NN=Cc2ccc(F)cc2)c1. The van der Waals surface area contributed by atoms with E-state index in [1.165, 1.54) is 63.9 Å². The van der Waals surface area contributed by atoms with Crippen LogP contribution in [-0.4, -0.2) is 39.4 Å². The van der Waals surface area contributed by atoms with E-state index in [-0.39, 0.29) is 17.1 Å². The summed E-state index contributed by atoms with van der Waals surface area (Å²) in [5.41, 5.74) is 3.70. The van der Waals surface area contributed by atoms with Gasteiger partial charge in [0.25, 0.3) is 11.8 Å². The topological polar surface area (TPSA) is 98.3 Å². The van der Waals surface area contributed by atoms with E-state index in [0.29, 0.717) is 28.4 Å². The molecule has 0 bridgehead atoms. The zero-order valence-electron chi connectivity index (χ0n) is 18.2. The number of carbonyl (C=O) groups is 2. The molecule has 0 fully saturated rings. The molecule has 3 rings (SSSR count). The molecule has 0 saturated carbocycles. The molecule has 3 aromatic rings. The predicted molar refractivity (Wildman–Crippen MR) is 122 cm³/mol. The molecule has 0 aliphatic rings. The predicted octanol–water partition coefficient (Wildman–Crippen LogP) is 3.87. The van der Waals surface area contributed by atoms with E-state index in [1.54, 1.807) is 24.3 Å². The number of anilines is 1. The molecule has 3 aromatic carbocycles. The number of amides is 2. The number of halogens is 1. The highest BCUT2D eigenvalue weighted by Gasteiger charge is 2.17. The van der Waals surface area contributed by atoms with Crippen molar-refractivity contribution in [3.8, 4) is 17.2 Å². The van der Waals surface area contributed by atoms with Crippen LogP contribution >= 0.6 is 0 Å². The zero-order valence-corrected chi connectivity index (χ0v) is 18.2. The fourth-order valence-corrected chi connectivity index (χ4v) is 2.89. The van der Waals surface area contributed by atoms with Gasteiger partial charge in [-0.2, -0.15) is 5.10 Å². The van der Waals surface area contributed by atoms with Crippen LogP contribution in [0.2, 0.25) is 0 Å². The van der Waals surface area contributed by atoms with Gasteiger partial charge < -0.3 is 19.5 Å². The first-order valence-corrected chi connectivity index (χ1v) is 9.75. The van der Waals surface area contributed by atoms with Gasteiger partial charge in [0.1, 0.15) is 11.6 Å². The normalized spacial score (nSPS) is 10.5. The highest BCUT2D eigenvalue weighted by molar-refractivity contribution is 6.09. The van der Waals surface area contributed by atoms with Gasteiger partial charge in [-0.3, -0.25) is 9.59 Å². The quantitative estimate of drug-likeness (QED) is 0.400. The van der Waals surface area contributed by atoms with Crippen LogP contribution < -0.4 is 25.0 Å². The summed E-state index contributed by atoms with van der Waals surface area (Å²) < 4.78 is 28.6. The Morgan fingerprint density at radius 1 is 0.848 bits per heavy atom. The third-order valence-electron chi connectivity index (χ3n) is 4.62. The molecular weight excluding hydrogens is 429 g/mol. The van der Waals surface area contributed by atoms with Crippen LogP contribution in [0.5, 0.6) is 17.2 Å². The standard InChI is InChI=1S/C24H22FN3O5/c1-31-18-9-10-20(27-23(29)16-6-11-21(32-2)22(12-16)33-3)19(13-18)24(30)28-26-14-15-4-7-17(25)8-5-15/h4-14H,1-3H3,(H,27,29)(H,28,30). The fraction of sp³-hybridized carbons (Fsp3) is 0.125. The van der Waals surface area contributed by atoms with Crippen molar-refractivity contribution in [2.24, 2.45) is 5.10 Å². The summed E-state index contributed by atoms with van der Waals surface area (Å²) in [6.07, 6.45) is 1.37. The molecule has 0 heterocycles. The monoisotopic (exact) mass is 451 g/mol. The number of benzene rings is 3. The number of hydrogen-bond acceptors (Lipinski definition) is 6. The molecule has 0 spiro atoms. The van der Waals surface area contributed by atoms with Crippen LogP contribution in [0.25, 0.3) is 0 Å². The van der Waals surface area contributed by atoms with Gasteiger partial charge in [0.2, 0.25) is 0 Å². The average Bonchev–Trinajstić information content (AvgIpc) is 2.84. The molecule has 33 heavy (non-hydrogen) atoms. The first-order chi connectivity index (χ1) is 15.9. The van der Waals surface area contributed by atoms with Crippen LogP contribution in [0, 0.1) is 5.82 Å². The summed E-state index contributed by atoms with van der Waals surface area (Å²) in [5, 5.41) is 6.61. The molecule has 2 N–H and O–H groups in total. The van der Waals surface area contributed by atoms with Crippen molar-refractivity contribution in [1.29, 1.82) is 0 Å². The van der Waals surface area contributed by atoms with Crippen LogP contribution in [0.3, 0.4) is 0 Å². The van der Waals surface area contributed by atoms with Crippen molar-refractivity contribution >= 4 is 23.7 Å². The number of nitrogens with one attached hydrogen (secondary N) is 2. The summed E-state index contributed by atoms with van der Waals surface area (Å²) in [5.74, 6) is -0.0976. The van der Waals surface area contributed by atoms with Gasteiger partial charge in [-0.25, -0.2) is 9.82 Å². The molecule has 9 heteroatoms. The number of ether oxygens (including phenoxy) is 3. The molecular formula is C24H22FN3O5. The Kier molecular flexibility index (Phi) is 7.59. The highest BCUT2D eigenvalue weighted by atomic mass is 19.1. The number of nitrogens with zero attached hydrogens (tertiary/aromatic N) is 1. The van der Waals surface area contributed by atoms with Crippen LogP contribution in [0.4, 0.5) is 10.1 Å². The second kappa shape index (κ2) is 10.8. The van der Waals surface area contributed by atoms with Gasteiger partial charge in [0.05, 0.1) is 38.8 Å². The lowest BCUT2D eigenvalue weighted by Gasteiger charge is -2.13. The zero-order chi connectivity index (χ0) is 23.8. The Labute approximate surface area is 190 Å². The van der Waals surface area contributed by atoms with E-state index < -0.39 is 11.8 Å². The van der Waals surface area contributed by atoms with E-state index in [1.807, 2.05) is 0 Å². The first-order valence-electron chi connectivity index (χ1n) is 9.75. The van der Waals surface area contributed by atoms with Crippen LogP contribution in [-0.2, 0) is 0 Å². The Hall–Kier alpha value is -4.40. The van der Waals surface area contributed by atoms with Crippen LogP contribution in [0.1, 0.15) is 26.3 Å². The van der Waals surface area contributed by atoms with Crippen molar-refractivity contribution in [3.05, 3.63) is 83.2 Å². The van der Waals surface area contributed by atoms with E-state index >= 15 is 0 Å². The van der Waals surface area contributed by atoms with Crippen molar-refractivity contribution in [2.75, 3.05) is 26.6 Å². The van der Waals surface area contributed by atoms with E-state index in [4.69, 9.17) is 14.2 Å². The Morgan fingerprint density at radius 3 is 2.24 bits per heavy atom. The molecule has 0 unspecified atom stereocenters. The lowest BCUT2D eigenvalue weighted by Crippen LogP contribution is -2.21. The van der Waals surface area contributed by atoms with Gasteiger partial charge in [-0.05, 0) is 54.1 Å². The summed E-state index contributed by atoms with van der Waals surface area (Å²) in [6, 6.07) is 15.0. The molecule has 2 amide bonds. The first kappa shape index (κ1) is 23.3. The molecule has 0 aromatic heterocycles. The molecule has 0 aliphatic heterocycles.